The van der Waals surface area contributed by atoms with Gasteiger partial charge in [-0.15, -0.1) is 0 Å². The van der Waals surface area contributed by atoms with Crippen molar-refractivity contribution < 1.29 is 5.11 Å². The Bertz CT molecular complexity index is 505. The minimum Gasteiger partial charge on any atom is -0.507 e. The molecular formula is C15H15NO. The lowest BCUT2D eigenvalue weighted by Crippen LogP contribution is -1.90. The number of phenolic OH excluding ortho intramolecular Hbond substituents is 1. The quantitative estimate of drug-likeness (QED) is 0.796. The van der Waals surface area contributed by atoms with Crippen LogP contribution < -0.4 is 0 Å². The predicted octanol–water partition coefficient (Wildman–Crippen LogP) is 3.57. The van der Waals surface area contributed by atoms with Gasteiger partial charge in [0, 0.05) is 11.8 Å². The summed E-state index contributed by atoms with van der Waals surface area (Å²) in [6.07, 6.45) is 1.72. The summed E-state index contributed by atoms with van der Waals surface area (Å²) in [6, 6.07) is 17.4. The normalized spacial score (nSPS) is 12.8. The third-order valence-electron chi connectivity index (χ3n) is 2.66. The van der Waals surface area contributed by atoms with E-state index in [0.29, 0.717) is 0 Å². The lowest BCUT2D eigenvalue weighted by atomic mass is 10.1. The molecule has 1 atom stereocenters. The van der Waals surface area contributed by atoms with Gasteiger partial charge in [0.15, 0.2) is 0 Å². The summed E-state index contributed by atoms with van der Waals surface area (Å²) in [7, 11) is 0. The molecule has 86 valence electrons. The van der Waals surface area contributed by atoms with Crippen molar-refractivity contribution in [1.82, 2.24) is 0 Å². The van der Waals surface area contributed by atoms with Gasteiger partial charge in [-0.3, -0.25) is 4.99 Å². The molecular weight excluding hydrogens is 210 g/mol. The number of hydrogen-bond acceptors (Lipinski definition) is 2. The Labute approximate surface area is 101 Å². The summed E-state index contributed by atoms with van der Waals surface area (Å²) in [5, 5.41) is 9.60. The molecule has 2 aromatic carbocycles. The number of aliphatic imine (C=N–C) groups is 1. The van der Waals surface area contributed by atoms with Gasteiger partial charge in [0.2, 0.25) is 0 Å². The zero-order valence-electron chi connectivity index (χ0n) is 9.75. The minimum atomic E-state index is 0.0933. The Morgan fingerprint density at radius 3 is 2.35 bits per heavy atom. The standard InChI is InChI=1S/C15H15NO/c1-12(13-7-3-2-4-8-13)16-11-14-9-5-6-10-15(14)17/h2-12,17H,1H3/b16-11+/t12-/m0/s1. The van der Waals surface area contributed by atoms with Crippen LogP contribution in [0.15, 0.2) is 59.6 Å². The van der Waals surface area contributed by atoms with Crippen molar-refractivity contribution in [3.63, 3.8) is 0 Å². The van der Waals surface area contributed by atoms with Crippen LogP contribution in [0.1, 0.15) is 24.1 Å². The van der Waals surface area contributed by atoms with Crippen LogP contribution in [0.25, 0.3) is 0 Å². The Hall–Kier alpha value is -2.09. The highest BCUT2D eigenvalue weighted by atomic mass is 16.3. The second-order valence-electron chi connectivity index (χ2n) is 3.92. The summed E-state index contributed by atoms with van der Waals surface area (Å²) >= 11 is 0. The van der Waals surface area contributed by atoms with Crippen molar-refractivity contribution in [2.45, 2.75) is 13.0 Å². The lowest BCUT2D eigenvalue weighted by molar-refractivity contribution is 0.474. The van der Waals surface area contributed by atoms with E-state index in [1.165, 1.54) is 5.56 Å². The summed E-state index contributed by atoms with van der Waals surface area (Å²) in [6.45, 7) is 2.03. The third kappa shape index (κ3) is 2.94. The third-order valence-corrected chi connectivity index (χ3v) is 2.66. The maximum absolute atomic E-state index is 9.60. The van der Waals surface area contributed by atoms with Crippen LogP contribution in [0.4, 0.5) is 0 Å². The first-order valence-electron chi connectivity index (χ1n) is 5.63. The van der Waals surface area contributed by atoms with Gasteiger partial charge in [0.05, 0.1) is 6.04 Å². The second-order valence-corrected chi connectivity index (χ2v) is 3.92. The van der Waals surface area contributed by atoms with E-state index in [4.69, 9.17) is 0 Å². The van der Waals surface area contributed by atoms with Crippen molar-refractivity contribution >= 4 is 6.21 Å². The fourth-order valence-electron chi connectivity index (χ4n) is 1.61. The number of rotatable bonds is 3. The van der Waals surface area contributed by atoms with Crippen LogP contribution >= 0.6 is 0 Å². The zero-order chi connectivity index (χ0) is 12.1. The molecule has 2 aromatic rings. The van der Waals surface area contributed by atoms with Crippen molar-refractivity contribution in [2.24, 2.45) is 4.99 Å². The van der Waals surface area contributed by atoms with E-state index >= 15 is 0 Å². The highest BCUT2D eigenvalue weighted by Crippen LogP contribution is 2.18. The van der Waals surface area contributed by atoms with Crippen molar-refractivity contribution in [3.8, 4) is 5.75 Å². The van der Waals surface area contributed by atoms with Gasteiger partial charge in [-0.05, 0) is 24.6 Å². The topological polar surface area (TPSA) is 32.6 Å². The zero-order valence-corrected chi connectivity index (χ0v) is 9.75. The van der Waals surface area contributed by atoms with E-state index in [1.54, 1.807) is 18.3 Å². The largest absolute Gasteiger partial charge is 0.507 e. The SMILES string of the molecule is C[C@H](/N=C/c1ccccc1O)c1ccccc1. The predicted molar refractivity (Wildman–Crippen MR) is 70.6 cm³/mol. The van der Waals surface area contributed by atoms with Gasteiger partial charge >= 0.3 is 0 Å². The van der Waals surface area contributed by atoms with E-state index in [-0.39, 0.29) is 11.8 Å². The average molecular weight is 225 g/mol. The monoisotopic (exact) mass is 225 g/mol. The van der Waals surface area contributed by atoms with Gasteiger partial charge in [-0.25, -0.2) is 0 Å². The molecule has 2 nitrogen and oxygen atoms in total. The van der Waals surface area contributed by atoms with Crippen molar-refractivity contribution in [3.05, 3.63) is 65.7 Å². The molecule has 0 aliphatic carbocycles. The van der Waals surface area contributed by atoms with E-state index < -0.39 is 0 Å². The minimum absolute atomic E-state index is 0.0933. The van der Waals surface area contributed by atoms with Crippen LogP contribution in [-0.4, -0.2) is 11.3 Å². The van der Waals surface area contributed by atoms with Gasteiger partial charge < -0.3 is 5.11 Å². The second kappa shape index (κ2) is 5.30. The molecule has 0 aliphatic heterocycles. The molecule has 0 aliphatic rings. The molecule has 0 saturated carbocycles. The first-order valence-corrected chi connectivity index (χ1v) is 5.63. The van der Waals surface area contributed by atoms with E-state index in [1.807, 2.05) is 49.4 Å². The molecule has 1 N–H and O–H groups in total. The highest BCUT2D eigenvalue weighted by Gasteiger charge is 2.01. The van der Waals surface area contributed by atoms with Crippen molar-refractivity contribution in [1.29, 1.82) is 0 Å². The van der Waals surface area contributed by atoms with Crippen LogP contribution in [0.2, 0.25) is 0 Å². The van der Waals surface area contributed by atoms with Crippen LogP contribution in [0.5, 0.6) is 5.75 Å². The first-order chi connectivity index (χ1) is 8.27. The molecule has 0 amide bonds. The molecule has 0 fully saturated rings. The summed E-state index contributed by atoms with van der Waals surface area (Å²) in [5.74, 6) is 0.261. The molecule has 17 heavy (non-hydrogen) atoms. The number of para-hydroxylation sites is 1. The Kier molecular flexibility index (Phi) is 3.55. The summed E-state index contributed by atoms with van der Waals surface area (Å²) in [4.78, 5) is 4.44. The molecule has 0 unspecified atom stereocenters. The number of benzene rings is 2. The fraction of sp³-hybridized carbons (Fsp3) is 0.133. The van der Waals surface area contributed by atoms with Crippen LogP contribution in [0, 0.1) is 0 Å². The molecule has 0 aromatic heterocycles. The number of aromatic hydroxyl groups is 1. The maximum atomic E-state index is 9.60. The molecule has 2 rings (SSSR count). The highest BCUT2D eigenvalue weighted by molar-refractivity contribution is 5.83. The van der Waals surface area contributed by atoms with Crippen LogP contribution in [0.3, 0.4) is 0 Å². The Morgan fingerprint density at radius 1 is 1.00 bits per heavy atom. The molecule has 0 saturated heterocycles. The number of nitrogens with zero attached hydrogens (tertiary/aromatic N) is 1. The lowest BCUT2D eigenvalue weighted by Gasteiger charge is -2.06. The van der Waals surface area contributed by atoms with Gasteiger partial charge in [-0.2, -0.15) is 0 Å². The Morgan fingerprint density at radius 2 is 1.65 bits per heavy atom. The van der Waals surface area contributed by atoms with Crippen molar-refractivity contribution in [2.75, 3.05) is 0 Å². The smallest absolute Gasteiger partial charge is 0.124 e. The van der Waals surface area contributed by atoms with E-state index in [0.717, 1.165) is 5.56 Å². The molecule has 2 heteroatoms. The maximum Gasteiger partial charge on any atom is 0.124 e. The summed E-state index contributed by atoms with van der Waals surface area (Å²) in [5.41, 5.74) is 1.91. The molecule has 0 radical (unpaired) electrons. The van der Waals surface area contributed by atoms with Gasteiger partial charge in [-0.1, -0.05) is 42.5 Å². The first kappa shape index (κ1) is 11.4. The van der Waals surface area contributed by atoms with E-state index in [9.17, 15) is 5.11 Å². The molecule has 0 heterocycles. The molecule has 0 spiro atoms. The van der Waals surface area contributed by atoms with Gasteiger partial charge in [0.25, 0.3) is 0 Å². The summed E-state index contributed by atoms with van der Waals surface area (Å²) < 4.78 is 0. The fourth-order valence-corrected chi connectivity index (χ4v) is 1.61. The average Bonchev–Trinajstić information content (AvgIpc) is 2.38. The van der Waals surface area contributed by atoms with Gasteiger partial charge in [0.1, 0.15) is 5.75 Å². The number of hydrogen-bond donors (Lipinski definition) is 1. The number of phenols is 1. The van der Waals surface area contributed by atoms with Crippen LogP contribution in [-0.2, 0) is 0 Å². The Balaban J connectivity index is 2.14. The molecule has 0 bridgehead atoms. The van der Waals surface area contributed by atoms with E-state index in [2.05, 4.69) is 4.99 Å².